The number of β-amino-alcohol motifs (C(OH)–C–C–N with tert-alkyl or cyclic N) is 1. The molecule has 2 unspecified atom stereocenters. The van der Waals surface area contributed by atoms with Crippen LogP contribution in [0.2, 0.25) is 0 Å². The molecular weight excluding hydrogens is 358 g/mol. The van der Waals surface area contributed by atoms with Crippen molar-refractivity contribution in [3.05, 3.63) is 65.2 Å². The van der Waals surface area contributed by atoms with E-state index in [4.69, 9.17) is 4.74 Å². The van der Waals surface area contributed by atoms with E-state index >= 15 is 0 Å². The summed E-state index contributed by atoms with van der Waals surface area (Å²) >= 11 is 0. The van der Waals surface area contributed by atoms with Crippen molar-refractivity contribution in [2.24, 2.45) is 5.92 Å². The van der Waals surface area contributed by atoms with Crippen LogP contribution in [0.15, 0.2) is 48.5 Å². The predicted octanol–water partition coefficient (Wildman–Crippen LogP) is 5.00. The van der Waals surface area contributed by atoms with Crippen LogP contribution in [-0.2, 0) is 19.4 Å². The minimum Gasteiger partial charge on any atom is -0.491 e. The molecule has 0 aromatic heterocycles. The van der Waals surface area contributed by atoms with Crippen molar-refractivity contribution in [1.29, 1.82) is 0 Å². The molecule has 29 heavy (non-hydrogen) atoms. The summed E-state index contributed by atoms with van der Waals surface area (Å²) in [5.41, 5.74) is 4.18. The lowest BCUT2D eigenvalue weighted by Crippen LogP contribution is -2.44. The van der Waals surface area contributed by atoms with Gasteiger partial charge in [-0.1, -0.05) is 62.1 Å². The van der Waals surface area contributed by atoms with Gasteiger partial charge in [0.1, 0.15) is 18.5 Å². The minimum atomic E-state index is -0.482. The summed E-state index contributed by atoms with van der Waals surface area (Å²) in [5, 5.41) is 10.6. The molecule has 1 saturated carbocycles. The molecule has 0 spiro atoms. The number of aliphatic hydroxyl groups excluding tert-OH is 1. The number of benzene rings is 2. The first-order valence-electron chi connectivity index (χ1n) is 11.4. The van der Waals surface area contributed by atoms with Gasteiger partial charge in [-0.05, 0) is 60.9 Å². The van der Waals surface area contributed by atoms with Crippen LogP contribution in [0.3, 0.4) is 0 Å². The molecule has 1 aliphatic heterocycles. The van der Waals surface area contributed by atoms with Crippen LogP contribution in [0.1, 0.15) is 55.7 Å². The van der Waals surface area contributed by atoms with Crippen molar-refractivity contribution >= 4 is 0 Å². The van der Waals surface area contributed by atoms with Crippen molar-refractivity contribution in [1.82, 2.24) is 4.90 Å². The van der Waals surface area contributed by atoms with E-state index in [2.05, 4.69) is 54.3 Å². The average Bonchev–Trinajstić information content (AvgIpc) is 3.25. The van der Waals surface area contributed by atoms with E-state index in [0.717, 1.165) is 31.1 Å². The van der Waals surface area contributed by atoms with Crippen molar-refractivity contribution in [3.8, 4) is 5.75 Å². The van der Waals surface area contributed by atoms with Crippen LogP contribution in [0.4, 0.5) is 0 Å². The molecule has 2 aromatic rings. The second kappa shape index (κ2) is 9.77. The zero-order chi connectivity index (χ0) is 20.1. The summed E-state index contributed by atoms with van der Waals surface area (Å²) in [6, 6.07) is 17.5. The van der Waals surface area contributed by atoms with Gasteiger partial charge < -0.3 is 9.84 Å². The first-order chi connectivity index (χ1) is 14.2. The molecule has 2 aromatic carbocycles. The van der Waals surface area contributed by atoms with E-state index in [0.29, 0.717) is 19.2 Å². The van der Waals surface area contributed by atoms with Crippen molar-refractivity contribution < 1.29 is 9.84 Å². The number of hydrogen-bond donors (Lipinski definition) is 1. The Bertz CT molecular complexity index is 784. The third-order valence-corrected chi connectivity index (χ3v) is 6.73. The fraction of sp³-hybridized carbons (Fsp3) is 0.538. The van der Waals surface area contributed by atoms with E-state index in [1.807, 2.05) is 6.07 Å². The maximum atomic E-state index is 10.6. The van der Waals surface area contributed by atoms with Gasteiger partial charge >= 0.3 is 0 Å². The van der Waals surface area contributed by atoms with Gasteiger partial charge in [0, 0.05) is 19.1 Å². The average molecular weight is 394 g/mol. The molecule has 4 rings (SSSR count). The number of rotatable bonds is 8. The lowest BCUT2D eigenvalue weighted by atomic mass is 9.94. The second-order valence-electron chi connectivity index (χ2n) is 9.05. The number of hydrogen-bond acceptors (Lipinski definition) is 3. The molecule has 156 valence electrons. The molecule has 2 atom stereocenters. The summed E-state index contributed by atoms with van der Waals surface area (Å²) in [6.07, 6.45) is 8.62. The molecule has 3 heteroatoms. The molecule has 0 saturated heterocycles. The molecule has 0 amide bonds. The van der Waals surface area contributed by atoms with Crippen molar-refractivity contribution in [2.75, 3.05) is 13.2 Å². The van der Waals surface area contributed by atoms with E-state index in [-0.39, 0.29) is 0 Å². The third kappa shape index (κ3) is 5.61. The quantitative estimate of drug-likeness (QED) is 0.685. The van der Waals surface area contributed by atoms with E-state index in [9.17, 15) is 5.11 Å². The Morgan fingerprint density at radius 3 is 2.69 bits per heavy atom. The second-order valence-corrected chi connectivity index (χ2v) is 9.05. The summed E-state index contributed by atoms with van der Waals surface area (Å²) in [5.74, 6) is 1.79. The van der Waals surface area contributed by atoms with Gasteiger partial charge in [0.15, 0.2) is 0 Å². The maximum absolute atomic E-state index is 10.6. The number of aliphatic hydroxyl groups is 1. The Morgan fingerprint density at radius 2 is 1.86 bits per heavy atom. The number of nitrogens with zero attached hydrogens (tertiary/aromatic N) is 1. The summed E-state index contributed by atoms with van der Waals surface area (Å²) in [6.45, 7) is 4.15. The topological polar surface area (TPSA) is 32.7 Å². The lowest BCUT2D eigenvalue weighted by molar-refractivity contribution is 0.0478. The van der Waals surface area contributed by atoms with Crippen LogP contribution in [-0.4, -0.2) is 35.3 Å². The van der Waals surface area contributed by atoms with E-state index in [1.54, 1.807) is 0 Å². The van der Waals surface area contributed by atoms with E-state index < -0.39 is 6.10 Å². The molecule has 0 bridgehead atoms. The number of ether oxygens (including phenoxy) is 1. The van der Waals surface area contributed by atoms with Crippen LogP contribution < -0.4 is 4.74 Å². The van der Waals surface area contributed by atoms with Crippen LogP contribution >= 0.6 is 0 Å². The standard InChI is InChI=1S/C26H35NO2/c1-20-15-23-10-4-5-11-24(23)17-27(20)18-25(28)19-29-26-12-6-9-22(16-26)14-13-21-7-2-3-8-21/h4-6,9-12,16,20-21,25,28H,2-3,7-8,13-15,17-19H2,1H3. The zero-order valence-electron chi connectivity index (χ0n) is 17.7. The Labute approximate surface area is 175 Å². The molecule has 3 nitrogen and oxygen atoms in total. The van der Waals surface area contributed by atoms with Gasteiger partial charge in [-0.25, -0.2) is 0 Å². The van der Waals surface area contributed by atoms with Crippen molar-refractivity contribution in [3.63, 3.8) is 0 Å². The number of aryl methyl sites for hydroxylation is 1. The van der Waals surface area contributed by atoms with Gasteiger partial charge in [-0.3, -0.25) is 4.90 Å². The zero-order valence-corrected chi connectivity index (χ0v) is 17.7. The molecule has 1 fully saturated rings. The monoisotopic (exact) mass is 393 g/mol. The maximum Gasteiger partial charge on any atom is 0.119 e. The Morgan fingerprint density at radius 1 is 1.07 bits per heavy atom. The normalized spacial score (nSPS) is 21.1. The highest BCUT2D eigenvalue weighted by atomic mass is 16.5. The fourth-order valence-corrected chi connectivity index (χ4v) is 4.95. The smallest absolute Gasteiger partial charge is 0.119 e. The summed E-state index contributed by atoms with van der Waals surface area (Å²) in [7, 11) is 0. The molecule has 1 aliphatic carbocycles. The first-order valence-corrected chi connectivity index (χ1v) is 11.4. The lowest BCUT2D eigenvalue weighted by Gasteiger charge is -2.36. The van der Waals surface area contributed by atoms with Gasteiger partial charge in [-0.2, -0.15) is 0 Å². The fourth-order valence-electron chi connectivity index (χ4n) is 4.95. The molecular formula is C26H35NO2. The highest BCUT2D eigenvalue weighted by Gasteiger charge is 2.24. The van der Waals surface area contributed by atoms with E-state index in [1.165, 1.54) is 48.8 Å². The minimum absolute atomic E-state index is 0.344. The third-order valence-electron chi connectivity index (χ3n) is 6.73. The van der Waals surface area contributed by atoms with Gasteiger partial charge in [-0.15, -0.1) is 0 Å². The van der Waals surface area contributed by atoms with Gasteiger partial charge in [0.25, 0.3) is 0 Å². The highest BCUT2D eigenvalue weighted by Crippen LogP contribution is 2.29. The number of fused-ring (bicyclic) bond motifs is 1. The van der Waals surface area contributed by atoms with Crippen LogP contribution in [0.25, 0.3) is 0 Å². The molecule has 1 N–H and O–H groups in total. The first kappa shape index (κ1) is 20.4. The largest absolute Gasteiger partial charge is 0.491 e. The Hall–Kier alpha value is -1.84. The summed E-state index contributed by atoms with van der Waals surface area (Å²) < 4.78 is 5.95. The van der Waals surface area contributed by atoms with Gasteiger partial charge in [0.2, 0.25) is 0 Å². The van der Waals surface area contributed by atoms with Crippen LogP contribution in [0, 0.1) is 5.92 Å². The molecule has 0 radical (unpaired) electrons. The Kier molecular flexibility index (Phi) is 6.89. The summed E-state index contributed by atoms with van der Waals surface area (Å²) in [4.78, 5) is 2.37. The SMILES string of the molecule is CC1Cc2ccccc2CN1CC(O)COc1cccc(CCC2CCCC2)c1. The van der Waals surface area contributed by atoms with Crippen LogP contribution in [0.5, 0.6) is 5.75 Å². The van der Waals surface area contributed by atoms with Crippen molar-refractivity contribution in [2.45, 2.75) is 70.6 Å². The highest BCUT2D eigenvalue weighted by molar-refractivity contribution is 5.30. The molecule has 1 heterocycles. The predicted molar refractivity (Wildman–Crippen MR) is 118 cm³/mol. The van der Waals surface area contributed by atoms with Gasteiger partial charge in [0.05, 0.1) is 0 Å². The molecule has 2 aliphatic rings. The Balaban J connectivity index is 1.25.